The molecule has 1 fully saturated rings. The van der Waals surface area contributed by atoms with Gasteiger partial charge in [0.1, 0.15) is 0 Å². The number of guanidine groups is 1. The van der Waals surface area contributed by atoms with Gasteiger partial charge in [0.05, 0.1) is 6.26 Å². The molecule has 1 aliphatic rings. The van der Waals surface area contributed by atoms with Crippen LogP contribution >= 0.6 is 24.0 Å². The lowest BCUT2D eigenvalue weighted by atomic mass is 9.67. The monoisotopic (exact) mass is 446 g/mol. The fourth-order valence-corrected chi connectivity index (χ4v) is 2.96. The molecular formula is C14H31IN4O2S. The van der Waals surface area contributed by atoms with E-state index in [1.807, 2.05) is 6.92 Å². The van der Waals surface area contributed by atoms with Crippen LogP contribution < -0.4 is 15.4 Å². The molecule has 0 unspecified atom stereocenters. The maximum absolute atomic E-state index is 10.9. The second kappa shape index (κ2) is 10.6. The van der Waals surface area contributed by atoms with Crippen molar-refractivity contribution in [2.75, 3.05) is 32.4 Å². The first kappa shape index (κ1) is 21.9. The molecule has 1 aliphatic carbocycles. The first-order valence-corrected chi connectivity index (χ1v) is 9.77. The summed E-state index contributed by atoms with van der Waals surface area (Å²) >= 11 is 0. The highest BCUT2D eigenvalue weighted by Crippen LogP contribution is 2.43. The van der Waals surface area contributed by atoms with E-state index >= 15 is 0 Å². The van der Waals surface area contributed by atoms with Crippen LogP contribution in [0.1, 0.15) is 46.0 Å². The molecular weight excluding hydrogens is 415 g/mol. The molecule has 6 nitrogen and oxygen atoms in total. The molecule has 0 heterocycles. The maximum atomic E-state index is 10.9. The van der Waals surface area contributed by atoms with Crippen molar-refractivity contribution in [2.24, 2.45) is 10.4 Å². The van der Waals surface area contributed by atoms with Crippen LogP contribution in [0.15, 0.2) is 4.99 Å². The second-order valence-corrected chi connectivity index (χ2v) is 7.68. The van der Waals surface area contributed by atoms with Crippen LogP contribution in [0.25, 0.3) is 0 Å². The lowest BCUT2D eigenvalue weighted by Crippen LogP contribution is -2.40. The van der Waals surface area contributed by atoms with E-state index in [-0.39, 0.29) is 24.0 Å². The lowest BCUT2D eigenvalue weighted by molar-refractivity contribution is 0.139. The number of sulfonamides is 1. The number of aliphatic imine (C=N–C) groups is 1. The van der Waals surface area contributed by atoms with Crippen LogP contribution in [-0.4, -0.2) is 46.8 Å². The zero-order chi connectivity index (χ0) is 15.8. The third-order valence-corrected chi connectivity index (χ3v) is 4.82. The van der Waals surface area contributed by atoms with Crippen LogP contribution in [0, 0.1) is 5.41 Å². The Morgan fingerprint density at radius 2 is 1.86 bits per heavy atom. The normalized spacial score (nSPS) is 17.3. The first-order valence-electron chi connectivity index (χ1n) is 7.87. The van der Waals surface area contributed by atoms with Gasteiger partial charge in [-0.3, -0.25) is 4.99 Å². The van der Waals surface area contributed by atoms with Crippen molar-refractivity contribution in [1.29, 1.82) is 0 Å². The second-order valence-electron chi connectivity index (χ2n) is 5.85. The Labute approximate surface area is 152 Å². The zero-order valence-electron chi connectivity index (χ0n) is 13.9. The van der Waals surface area contributed by atoms with Crippen LogP contribution in [0.3, 0.4) is 0 Å². The summed E-state index contributed by atoms with van der Waals surface area (Å²) in [5.41, 5.74) is 0.417. The highest BCUT2D eigenvalue weighted by Gasteiger charge is 2.34. The molecule has 0 atom stereocenters. The molecule has 0 bridgehead atoms. The largest absolute Gasteiger partial charge is 0.357 e. The Balaban J connectivity index is 0.00000441. The average Bonchev–Trinajstić information content (AvgIpc) is 2.36. The van der Waals surface area contributed by atoms with Gasteiger partial charge in [-0.05, 0) is 38.0 Å². The van der Waals surface area contributed by atoms with Crippen molar-refractivity contribution < 1.29 is 8.42 Å². The number of nitrogens with zero attached hydrogens (tertiary/aromatic N) is 1. The molecule has 22 heavy (non-hydrogen) atoms. The predicted octanol–water partition coefficient (Wildman–Crippen LogP) is 1.68. The van der Waals surface area contributed by atoms with E-state index < -0.39 is 10.0 Å². The minimum absolute atomic E-state index is 0. The van der Waals surface area contributed by atoms with Gasteiger partial charge in [-0.15, -0.1) is 24.0 Å². The highest BCUT2D eigenvalue weighted by molar-refractivity contribution is 14.0. The van der Waals surface area contributed by atoms with E-state index in [1.54, 1.807) is 0 Å². The average molecular weight is 446 g/mol. The van der Waals surface area contributed by atoms with Gasteiger partial charge >= 0.3 is 0 Å². The molecule has 1 rings (SSSR count). The number of hydrogen-bond donors (Lipinski definition) is 3. The van der Waals surface area contributed by atoms with E-state index in [0.717, 1.165) is 25.5 Å². The summed E-state index contributed by atoms with van der Waals surface area (Å²) in [7, 11) is -3.09. The van der Waals surface area contributed by atoms with Crippen molar-refractivity contribution in [3.63, 3.8) is 0 Å². The fraction of sp³-hybridized carbons (Fsp3) is 0.929. The first-order chi connectivity index (χ1) is 9.91. The van der Waals surface area contributed by atoms with Crippen molar-refractivity contribution in [3.8, 4) is 0 Å². The van der Waals surface area contributed by atoms with E-state index in [9.17, 15) is 8.42 Å². The summed E-state index contributed by atoms with van der Waals surface area (Å²) in [4.78, 5) is 4.68. The molecule has 0 spiro atoms. The van der Waals surface area contributed by atoms with E-state index in [2.05, 4.69) is 27.3 Å². The van der Waals surface area contributed by atoms with Crippen LogP contribution in [0.5, 0.6) is 0 Å². The molecule has 0 aromatic carbocycles. The number of halogens is 1. The summed E-state index contributed by atoms with van der Waals surface area (Å²) in [6, 6.07) is 0. The van der Waals surface area contributed by atoms with Gasteiger partial charge in [0, 0.05) is 26.2 Å². The molecule has 0 amide bonds. The summed E-state index contributed by atoms with van der Waals surface area (Å²) in [5.74, 6) is 0.830. The highest BCUT2D eigenvalue weighted by atomic mass is 127. The summed E-state index contributed by atoms with van der Waals surface area (Å²) in [6.07, 6.45) is 6.99. The Bertz CT molecular complexity index is 431. The molecule has 8 heteroatoms. The Morgan fingerprint density at radius 1 is 1.18 bits per heavy atom. The van der Waals surface area contributed by atoms with E-state index in [1.165, 1.54) is 31.9 Å². The minimum Gasteiger partial charge on any atom is -0.357 e. The third-order valence-electron chi connectivity index (χ3n) is 4.09. The summed E-state index contributed by atoms with van der Waals surface area (Å²) in [5, 5.41) is 6.49. The topological polar surface area (TPSA) is 82.6 Å². The number of nitrogens with one attached hydrogen (secondary N) is 3. The van der Waals surface area contributed by atoms with Gasteiger partial charge in [0.25, 0.3) is 0 Å². The van der Waals surface area contributed by atoms with Gasteiger partial charge in [-0.1, -0.05) is 13.3 Å². The van der Waals surface area contributed by atoms with Crippen LogP contribution in [0.2, 0.25) is 0 Å². The molecule has 0 aromatic heterocycles. The molecule has 0 aromatic rings. The molecule has 132 valence electrons. The van der Waals surface area contributed by atoms with Crippen LogP contribution in [0.4, 0.5) is 0 Å². The Hall–Kier alpha value is -0.0900. The quantitative estimate of drug-likeness (QED) is 0.218. The van der Waals surface area contributed by atoms with Gasteiger partial charge in [-0.2, -0.15) is 0 Å². The molecule has 3 N–H and O–H groups in total. The lowest BCUT2D eigenvalue weighted by Gasteiger charge is -2.40. The van der Waals surface area contributed by atoms with Crippen LogP contribution in [-0.2, 0) is 10.0 Å². The Morgan fingerprint density at radius 3 is 2.32 bits per heavy atom. The number of rotatable bonds is 9. The zero-order valence-corrected chi connectivity index (χ0v) is 17.1. The Kier molecular flexibility index (Phi) is 10.6. The standard InChI is InChI=1S/C14H30N4O2S.HI/c1-4-14(8-6-9-14)12-17-13(15-5-2)16-10-7-11-18-21(3,19)20;/h18H,4-12H2,1-3H3,(H2,15,16,17);1H. The van der Waals surface area contributed by atoms with Gasteiger partial charge in [-0.25, -0.2) is 13.1 Å². The van der Waals surface area contributed by atoms with Crippen molar-refractivity contribution >= 4 is 40.0 Å². The molecule has 0 aliphatic heterocycles. The summed E-state index contributed by atoms with van der Waals surface area (Å²) in [6.45, 7) is 7.14. The van der Waals surface area contributed by atoms with Crippen molar-refractivity contribution in [3.05, 3.63) is 0 Å². The SMILES string of the molecule is CCNC(=NCC1(CC)CCC1)NCCCNS(C)(=O)=O.I. The molecule has 0 radical (unpaired) electrons. The van der Waals surface area contributed by atoms with Gasteiger partial charge in [0.15, 0.2) is 5.96 Å². The van der Waals surface area contributed by atoms with E-state index in [4.69, 9.17) is 0 Å². The molecule has 1 saturated carbocycles. The smallest absolute Gasteiger partial charge is 0.208 e. The maximum Gasteiger partial charge on any atom is 0.208 e. The predicted molar refractivity (Wildman–Crippen MR) is 103 cm³/mol. The third kappa shape index (κ3) is 8.52. The van der Waals surface area contributed by atoms with Gasteiger partial charge in [0.2, 0.25) is 10.0 Å². The van der Waals surface area contributed by atoms with Gasteiger partial charge < -0.3 is 10.6 Å². The number of hydrogen-bond acceptors (Lipinski definition) is 3. The van der Waals surface area contributed by atoms with Crippen molar-refractivity contribution in [1.82, 2.24) is 15.4 Å². The van der Waals surface area contributed by atoms with E-state index in [0.29, 0.717) is 18.5 Å². The minimum atomic E-state index is -3.09. The molecule has 0 saturated heterocycles. The summed E-state index contributed by atoms with van der Waals surface area (Å²) < 4.78 is 24.4. The fourth-order valence-electron chi connectivity index (χ4n) is 2.44. The van der Waals surface area contributed by atoms with Crippen molar-refractivity contribution in [2.45, 2.75) is 46.0 Å².